The van der Waals surface area contributed by atoms with E-state index in [2.05, 4.69) is 46.3 Å². The Morgan fingerprint density at radius 2 is 1.95 bits per heavy atom. The summed E-state index contributed by atoms with van der Waals surface area (Å²) in [6.07, 6.45) is 7.68. The highest BCUT2D eigenvalue weighted by Gasteiger charge is 2.20. The van der Waals surface area contributed by atoms with Gasteiger partial charge in [-0.1, -0.05) is 29.8 Å². The van der Waals surface area contributed by atoms with E-state index in [9.17, 15) is 0 Å². The summed E-state index contributed by atoms with van der Waals surface area (Å²) >= 11 is 0. The first-order valence-electron chi connectivity index (χ1n) is 7.10. The SMILES string of the molecule is Cc1ccc(CC2CCN(c3cn[nH]c3)CC2)cc1. The van der Waals surface area contributed by atoms with Crippen LogP contribution in [0.25, 0.3) is 0 Å². The minimum absolute atomic E-state index is 0.825. The Morgan fingerprint density at radius 1 is 1.21 bits per heavy atom. The standard InChI is InChI=1S/C16H21N3/c1-13-2-4-14(5-3-13)10-15-6-8-19(9-7-15)16-11-17-18-12-16/h2-5,11-12,15H,6-10H2,1H3,(H,17,18). The number of hydrogen-bond donors (Lipinski definition) is 1. The van der Waals surface area contributed by atoms with Crippen LogP contribution in [0.1, 0.15) is 24.0 Å². The largest absolute Gasteiger partial charge is 0.369 e. The van der Waals surface area contributed by atoms with E-state index >= 15 is 0 Å². The number of anilines is 1. The van der Waals surface area contributed by atoms with Crippen LogP contribution in [-0.2, 0) is 6.42 Å². The van der Waals surface area contributed by atoms with E-state index in [1.807, 2.05) is 12.4 Å². The number of H-pyrrole nitrogens is 1. The van der Waals surface area contributed by atoms with Crippen LogP contribution in [0.5, 0.6) is 0 Å². The minimum Gasteiger partial charge on any atom is -0.369 e. The number of benzene rings is 1. The Hall–Kier alpha value is -1.77. The second kappa shape index (κ2) is 5.47. The number of nitrogens with one attached hydrogen (secondary N) is 1. The summed E-state index contributed by atoms with van der Waals surface area (Å²) in [7, 11) is 0. The molecule has 0 radical (unpaired) electrons. The predicted molar refractivity (Wildman–Crippen MR) is 78.4 cm³/mol. The Labute approximate surface area is 114 Å². The van der Waals surface area contributed by atoms with Crippen LogP contribution in [0.2, 0.25) is 0 Å². The molecule has 0 saturated carbocycles. The zero-order valence-corrected chi connectivity index (χ0v) is 11.5. The topological polar surface area (TPSA) is 31.9 Å². The number of aromatic nitrogens is 2. The van der Waals surface area contributed by atoms with Crippen molar-refractivity contribution in [3.63, 3.8) is 0 Å². The minimum atomic E-state index is 0.825. The lowest BCUT2D eigenvalue weighted by Gasteiger charge is -2.32. The van der Waals surface area contributed by atoms with Gasteiger partial charge < -0.3 is 4.90 Å². The Bertz CT molecular complexity index is 493. The number of aryl methyl sites for hydroxylation is 1. The lowest BCUT2D eigenvalue weighted by atomic mass is 9.90. The summed E-state index contributed by atoms with van der Waals surface area (Å²) in [4.78, 5) is 2.43. The van der Waals surface area contributed by atoms with Gasteiger partial charge in [-0.3, -0.25) is 5.10 Å². The van der Waals surface area contributed by atoms with E-state index < -0.39 is 0 Å². The van der Waals surface area contributed by atoms with Gasteiger partial charge in [-0.05, 0) is 37.7 Å². The number of piperidine rings is 1. The molecule has 3 heteroatoms. The predicted octanol–water partition coefficient (Wildman–Crippen LogP) is 3.18. The van der Waals surface area contributed by atoms with E-state index in [0.29, 0.717) is 0 Å². The summed E-state index contributed by atoms with van der Waals surface area (Å²) in [5.74, 6) is 0.825. The van der Waals surface area contributed by atoms with Crippen molar-refractivity contribution in [2.75, 3.05) is 18.0 Å². The molecule has 0 aliphatic carbocycles. The molecule has 1 aliphatic rings. The highest BCUT2D eigenvalue weighted by molar-refractivity contribution is 5.42. The van der Waals surface area contributed by atoms with Crippen molar-refractivity contribution < 1.29 is 0 Å². The number of nitrogens with zero attached hydrogens (tertiary/aromatic N) is 2. The molecule has 1 fully saturated rings. The second-order valence-electron chi connectivity index (χ2n) is 5.58. The fourth-order valence-corrected chi connectivity index (χ4v) is 2.87. The van der Waals surface area contributed by atoms with Crippen molar-refractivity contribution in [1.29, 1.82) is 0 Å². The normalized spacial score (nSPS) is 16.8. The fraction of sp³-hybridized carbons (Fsp3) is 0.438. The lowest BCUT2D eigenvalue weighted by molar-refractivity contribution is 0.404. The maximum Gasteiger partial charge on any atom is 0.0749 e. The first-order valence-corrected chi connectivity index (χ1v) is 7.10. The zero-order chi connectivity index (χ0) is 13.1. The van der Waals surface area contributed by atoms with Gasteiger partial charge in [0, 0.05) is 19.3 Å². The quantitative estimate of drug-likeness (QED) is 0.913. The summed E-state index contributed by atoms with van der Waals surface area (Å²) in [5.41, 5.74) is 4.06. The molecule has 19 heavy (non-hydrogen) atoms. The Morgan fingerprint density at radius 3 is 2.58 bits per heavy atom. The average molecular weight is 255 g/mol. The van der Waals surface area contributed by atoms with Crippen LogP contribution < -0.4 is 4.90 Å². The molecule has 0 unspecified atom stereocenters. The van der Waals surface area contributed by atoms with Gasteiger partial charge in [0.05, 0.1) is 11.9 Å². The molecule has 2 heterocycles. The Kier molecular flexibility index (Phi) is 3.53. The molecule has 3 nitrogen and oxygen atoms in total. The van der Waals surface area contributed by atoms with Crippen molar-refractivity contribution >= 4 is 5.69 Å². The van der Waals surface area contributed by atoms with Crippen molar-refractivity contribution in [3.05, 3.63) is 47.8 Å². The van der Waals surface area contributed by atoms with E-state index in [1.165, 1.54) is 36.1 Å². The van der Waals surface area contributed by atoms with Gasteiger partial charge in [0.25, 0.3) is 0 Å². The summed E-state index contributed by atoms with van der Waals surface area (Å²) < 4.78 is 0. The van der Waals surface area contributed by atoms with Gasteiger partial charge in [-0.25, -0.2) is 0 Å². The van der Waals surface area contributed by atoms with Gasteiger partial charge in [-0.15, -0.1) is 0 Å². The molecule has 1 saturated heterocycles. The van der Waals surface area contributed by atoms with E-state index in [1.54, 1.807) is 0 Å². The lowest BCUT2D eigenvalue weighted by Crippen LogP contribution is -2.34. The third-order valence-electron chi connectivity index (χ3n) is 4.11. The maximum atomic E-state index is 4.03. The average Bonchev–Trinajstić information content (AvgIpc) is 2.96. The maximum absolute atomic E-state index is 4.03. The highest BCUT2D eigenvalue weighted by atomic mass is 15.2. The van der Waals surface area contributed by atoms with Gasteiger partial charge in [0.15, 0.2) is 0 Å². The monoisotopic (exact) mass is 255 g/mol. The van der Waals surface area contributed by atoms with Crippen molar-refractivity contribution in [1.82, 2.24) is 10.2 Å². The van der Waals surface area contributed by atoms with Crippen molar-refractivity contribution in [2.45, 2.75) is 26.2 Å². The number of aromatic amines is 1. The number of rotatable bonds is 3. The molecule has 100 valence electrons. The third kappa shape index (κ3) is 2.98. The first kappa shape index (κ1) is 12.3. The molecule has 0 bridgehead atoms. The smallest absolute Gasteiger partial charge is 0.0749 e. The zero-order valence-electron chi connectivity index (χ0n) is 11.5. The van der Waals surface area contributed by atoms with Crippen LogP contribution in [-0.4, -0.2) is 23.3 Å². The molecular formula is C16H21N3. The highest BCUT2D eigenvalue weighted by Crippen LogP contribution is 2.25. The van der Waals surface area contributed by atoms with E-state index in [-0.39, 0.29) is 0 Å². The second-order valence-corrected chi connectivity index (χ2v) is 5.58. The van der Waals surface area contributed by atoms with Gasteiger partial charge >= 0.3 is 0 Å². The van der Waals surface area contributed by atoms with E-state index in [4.69, 9.17) is 0 Å². The molecule has 0 atom stereocenters. The van der Waals surface area contributed by atoms with Gasteiger partial charge in [-0.2, -0.15) is 5.10 Å². The number of hydrogen-bond acceptors (Lipinski definition) is 2. The molecule has 1 aromatic heterocycles. The summed E-state index contributed by atoms with van der Waals surface area (Å²) in [6.45, 7) is 4.44. The van der Waals surface area contributed by atoms with Crippen molar-refractivity contribution in [2.24, 2.45) is 5.92 Å². The van der Waals surface area contributed by atoms with E-state index in [0.717, 1.165) is 19.0 Å². The van der Waals surface area contributed by atoms with Crippen molar-refractivity contribution in [3.8, 4) is 0 Å². The molecule has 1 aliphatic heterocycles. The third-order valence-corrected chi connectivity index (χ3v) is 4.11. The molecule has 1 aromatic carbocycles. The Balaban J connectivity index is 1.54. The molecule has 0 amide bonds. The molecule has 0 spiro atoms. The van der Waals surface area contributed by atoms with Crippen LogP contribution in [0.3, 0.4) is 0 Å². The van der Waals surface area contributed by atoms with Crippen LogP contribution >= 0.6 is 0 Å². The molecule has 1 N–H and O–H groups in total. The van der Waals surface area contributed by atoms with Gasteiger partial charge in [0.2, 0.25) is 0 Å². The fourth-order valence-electron chi connectivity index (χ4n) is 2.87. The van der Waals surface area contributed by atoms with Crippen LogP contribution in [0, 0.1) is 12.8 Å². The van der Waals surface area contributed by atoms with Gasteiger partial charge in [0.1, 0.15) is 0 Å². The summed E-state index contributed by atoms with van der Waals surface area (Å²) in [5, 5.41) is 6.92. The molecule has 2 aromatic rings. The van der Waals surface area contributed by atoms with Crippen LogP contribution in [0.4, 0.5) is 5.69 Å². The summed E-state index contributed by atoms with van der Waals surface area (Å²) in [6, 6.07) is 8.99. The van der Waals surface area contributed by atoms with Crippen LogP contribution in [0.15, 0.2) is 36.7 Å². The first-order chi connectivity index (χ1) is 9.31. The molecule has 3 rings (SSSR count). The molecular weight excluding hydrogens is 234 g/mol.